The van der Waals surface area contributed by atoms with E-state index in [9.17, 15) is 4.79 Å². The molecule has 0 unspecified atom stereocenters. The second kappa shape index (κ2) is 4.98. The Labute approximate surface area is 111 Å². The third-order valence-electron chi connectivity index (χ3n) is 3.00. The first-order valence-corrected chi connectivity index (χ1v) is 6.11. The monoisotopic (exact) mass is 248 g/mol. The Balaban J connectivity index is 1.89. The van der Waals surface area contributed by atoms with Crippen molar-refractivity contribution in [1.29, 1.82) is 0 Å². The van der Waals surface area contributed by atoms with Crippen molar-refractivity contribution in [3.05, 3.63) is 72.1 Å². The lowest BCUT2D eigenvalue weighted by molar-refractivity contribution is 0.0993. The molecule has 0 saturated carbocycles. The second-order valence-corrected chi connectivity index (χ2v) is 4.35. The van der Waals surface area contributed by atoms with E-state index >= 15 is 0 Å². The van der Waals surface area contributed by atoms with E-state index in [1.54, 1.807) is 18.5 Å². The van der Waals surface area contributed by atoms with Crippen molar-refractivity contribution in [2.45, 2.75) is 6.42 Å². The second-order valence-electron chi connectivity index (χ2n) is 4.35. The predicted molar refractivity (Wildman–Crippen MR) is 74.0 cm³/mol. The van der Waals surface area contributed by atoms with Crippen LogP contribution in [-0.2, 0) is 6.42 Å². The fourth-order valence-corrected chi connectivity index (χ4v) is 2.02. The van der Waals surface area contributed by atoms with Gasteiger partial charge in [0.05, 0.1) is 11.0 Å². The molecule has 0 atom stereocenters. The molecular formula is C16H12N2O. The fraction of sp³-hybridized carbons (Fsp3) is 0.0625. The van der Waals surface area contributed by atoms with E-state index in [1.165, 1.54) is 0 Å². The van der Waals surface area contributed by atoms with Gasteiger partial charge in [0.15, 0.2) is 5.78 Å². The maximum absolute atomic E-state index is 12.2. The molecule has 3 aromatic rings. The standard InChI is InChI=1S/C16H12N2O/c19-16(10-12-4-2-1-3-5-12)13-6-7-14-15(11-13)18-9-8-17-14/h1-9,11H,10H2. The molecule has 0 bridgehead atoms. The molecule has 92 valence electrons. The lowest BCUT2D eigenvalue weighted by atomic mass is 10.0. The Morgan fingerprint density at radius 3 is 2.42 bits per heavy atom. The van der Waals surface area contributed by atoms with Crippen LogP contribution >= 0.6 is 0 Å². The number of rotatable bonds is 3. The summed E-state index contributed by atoms with van der Waals surface area (Å²) in [5, 5.41) is 0. The van der Waals surface area contributed by atoms with Gasteiger partial charge in [-0.15, -0.1) is 0 Å². The van der Waals surface area contributed by atoms with Crippen LogP contribution in [0.5, 0.6) is 0 Å². The van der Waals surface area contributed by atoms with Crippen molar-refractivity contribution in [2.24, 2.45) is 0 Å². The van der Waals surface area contributed by atoms with E-state index in [0.717, 1.165) is 16.6 Å². The van der Waals surface area contributed by atoms with Gasteiger partial charge < -0.3 is 0 Å². The molecule has 19 heavy (non-hydrogen) atoms. The molecule has 0 aliphatic rings. The van der Waals surface area contributed by atoms with Gasteiger partial charge in [0.25, 0.3) is 0 Å². The highest BCUT2D eigenvalue weighted by Gasteiger charge is 2.08. The number of fused-ring (bicyclic) bond motifs is 1. The van der Waals surface area contributed by atoms with Gasteiger partial charge in [-0.2, -0.15) is 0 Å². The maximum atomic E-state index is 12.2. The largest absolute Gasteiger partial charge is 0.294 e. The average molecular weight is 248 g/mol. The van der Waals surface area contributed by atoms with Gasteiger partial charge in [0, 0.05) is 24.4 Å². The Morgan fingerprint density at radius 1 is 0.895 bits per heavy atom. The van der Waals surface area contributed by atoms with Crippen LogP contribution in [-0.4, -0.2) is 15.8 Å². The minimum Gasteiger partial charge on any atom is -0.294 e. The van der Waals surface area contributed by atoms with Crippen molar-refractivity contribution in [2.75, 3.05) is 0 Å². The Bertz CT molecular complexity index is 723. The van der Waals surface area contributed by atoms with E-state index in [2.05, 4.69) is 9.97 Å². The van der Waals surface area contributed by atoms with Crippen LogP contribution in [0.3, 0.4) is 0 Å². The number of carbonyl (C=O) groups excluding carboxylic acids is 1. The number of carbonyl (C=O) groups is 1. The highest BCUT2D eigenvalue weighted by atomic mass is 16.1. The Hall–Kier alpha value is -2.55. The molecule has 0 N–H and O–H groups in total. The lowest BCUT2D eigenvalue weighted by Gasteiger charge is -2.02. The van der Waals surface area contributed by atoms with Crippen LogP contribution < -0.4 is 0 Å². The van der Waals surface area contributed by atoms with Gasteiger partial charge >= 0.3 is 0 Å². The number of benzene rings is 2. The fourth-order valence-electron chi connectivity index (χ4n) is 2.02. The number of Topliss-reactive ketones (excluding diaryl/α,β-unsaturated/α-hetero) is 1. The molecule has 3 nitrogen and oxygen atoms in total. The van der Waals surface area contributed by atoms with Crippen molar-refractivity contribution >= 4 is 16.8 Å². The normalized spacial score (nSPS) is 10.5. The highest BCUT2D eigenvalue weighted by molar-refractivity contribution is 5.99. The topological polar surface area (TPSA) is 42.9 Å². The van der Waals surface area contributed by atoms with Crippen LogP contribution in [0.2, 0.25) is 0 Å². The third kappa shape index (κ3) is 2.50. The zero-order chi connectivity index (χ0) is 13.1. The number of aromatic nitrogens is 2. The van der Waals surface area contributed by atoms with Gasteiger partial charge in [-0.05, 0) is 23.8 Å². The highest BCUT2D eigenvalue weighted by Crippen LogP contribution is 2.13. The predicted octanol–water partition coefficient (Wildman–Crippen LogP) is 3.06. The van der Waals surface area contributed by atoms with Crippen LogP contribution in [0.25, 0.3) is 11.0 Å². The van der Waals surface area contributed by atoms with Gasteiger partial charge in [0.1, 0.15) is 0 Å². The molecule has 1 aromatic heterocycles. The van der Waals surface area contributed by atoms with E-state index in [4.69, 9.17) is 0 Å². The molecular weight excluding hydrogens is 236 g/mol. The Morgan fingerprint density at radius 2 is 1.63 bits per heavy atom. The minimum absolute atomic E-state index is 0.0961. The molecule has 1 heterocycles. The number of hydrogen-bond acceptors (Lipinski definition) is 3. The van der Waals surface area contributed by atoms with Crippen LogP contribution in [0, 0.1) is 0 Å². The first-order chi connectivity index (χ1) is 9.33. The van der Waals surface area contributed by atoms with Crippen molar-refractivity contribution < 1.29 is 4.79 Å². The summed E-state index contributed by atoms with van der Waals surface area (Å²) in [5.41, 5.74) is 3.25. The van der Waals surface area contributed by atoms with Crippen LogP contribution in [0.1, 0.15) is 15.9 Å². The molecule has 0 aliphatic carbocycles. The van der Waals surface area contributed by atoms with Gasteiger partial charge in [-0.1, -0.05) is 30.3 Å². The Kier molecular flexibility index (Phi) is 3.02. The van der Waals surface area contributed by atoms with E-state index in [1.807, 2.05) is 42.5 Å². The zero-order valence-corrected chi connectivity index (χ0v) is 10.3. The smallest absolute Gasteiger partial charge is 0.167 e. The summed E-state index contributed by atoms with van der Waals surface area (Å²) in [7, 11) is 0. The van der Waals surface area contributed by atoms with Gasteiger partial charge in [0.2, 0.25) is 0 Å². The summed E-state index contributed by atoms with van der Waals surface area (Å²) in [6, 6.07) is 15.2. The van der Waals surface area contributed by atoms with Crippen molar-refractivity contribution in [1.82, 2.24) is 9.97 Å². The molecule has 0 amide bonds. The molecule has 0 spiro atoms. The maximum Gasteiger partial charge on any atom is 0.167 e. The van der Waals surface area contributed by atoms with E-state index in [0.29, 0.717) is 12.0 Å². The summed E-state index contributed by atoms with van der Waals surface area (Å²) in [4.78, 5) is 20.6. The third-order valence-corrected chi connectivity index (χ3v) is 3.00. The summed E-state index contributed by atoms with van der Waals surface area (Å²) < 4.78 is 0. The van der Waals surface area contributed by atoms with Gasteiger partial charge in [-0.25, -0.2) is 0 Å². The molecule has 3 heteroatoms. The first-order valence-electron chi connectivity index (χ1n) is 6.11. The van der Waals surface area contributed by atoms with Crippen molar-refractivity contribution in [3.8, 4) is 0 Å². The molecule has 2 aromatic carbocycles. The number of hydrogen-bond donors (Lipinski definition) is 0. The molecule has 0 radical (unpaired) electrons. The van der Waals surface area contributed by atoms with E-state index in [-0.39, 0.29) is 5.78 Å². The first kappa shape index (κ1) is 11.5. The molecule has 0 aliphatic heterocycles. The summed E-state index contributed by atoms with van der Waals surface area (Å²) in [6.07, 6.45) is 3.69. The number of ketones is 1. The summed E-state index contributed by atoms with van der Waals surface area (Å²) >= 11 is 0. The van der Waals surface area contributed by atoms with Gasteiger partial charge in [-0.3, -0.25) is 14.8 Å². The summed E-state index contributed by atoms with van der Waals surface area (Å²) in [6.45, 7) is 0. The van der Waals surface area contributed by atoms with Crippen LogP contribution in [0.15, 0.2) is 60.9 Å². The van der Waals surface area contributed by atoms with E-state index < -0.39 is 0 Å². The molecule has 3 rings (SSSR count). The average Bonchev–Trinajstić information content (AvgIpc) is 2.48. The molecule has 0 fully saturated rings. The number of nitrogens with zero attached hydrogens (tertiary/aromatic N) is 2. The lowest BCUT2D eigenvalue weighted by Crippen LogP contribution is -2.03. The molecule has 0 saturated heterocycles. The van der Waals surface area contributed by atoms with Crippen molar-refractivity contribution in [3.63, 3.8) is 0 Å². The SMILES string of the molecule is O=C(Cc1ccccc1)c1ccc2nccnc2c1. The minimum atomic E-state index is 0.0961. The zero-order valence-electron chi connectivity index (χ0n) is 10.3. The quantitative estimate of drug-likeness (QED) is 0.669. The summed E-state index contributed by atoms with van der Waals surface area (Å²) in [5.74, 6) is 0.0961. The van der Waals surface area contributed by atoms with Crippen LogP contribution in [0.4, 0.5) is 0 Å².